The molecule has 1 aromatic rings. The maximum Gasteiger partial charge on any atom is 0.214 e. The van der Waals surface area contributed by atoms with Crippen molar-refractivity contribution in [1.29, 1.82) is 0 Å². The van der Waals surface area contributed by atoms with Gasteiger partial charge in [-0.1, -0.05) is 31.2 Å². The van der Waals surface area contributed by atoms with Crippen LogP contribution in [0, 0.1) is 6.92 Å². The second-order valence-corrected chi connectivity index (χ2v) is 7.65. The van der Waals surface area contributed by atoms with Crippen LogP contribution in [0.4, 0.5) is 0 Å². The normalized spacial score (nSPS) is 12.0. The molecule has 0 aliphatic rings. The van der Waals surface area contributed by atoms with Crippen LogP contribution >= 0.6 is 0 Å². The minimum absolute atomic E-state index is 0.225. The van der Waals surface area contributed by atoms with Crippen LogP contribution in [-0.4, -0.2) is 38.6 Å². The van der Waals surface area contributed by atoms with Gasteiger partial charge in [0.1, 0.15) is 0 Å². The van der Waals surface area contributed by atoms with Gasteiger partial charge in [0.2, 0.25) is 10.0 Å². The van der Waals surface area contributed by atoms with Gasteiger partial charge in [-0.3, -0.25) is 0 Å². The van der Waals surface area contributed by atoms with Crippen LogP contribution in [0.25, 0.3) is 0 Å². The van der Waals surface area contributed by atoms with E-state index in [4.69, 9.17) is 0 Å². The molecule has 1 N–H and O–H groups in total. The number of unbranched alkanes of at least 4 members (excludes halogenated alkanes) is 1. The molecule has 120 valence electrons. The van der Waals surface area contributed by atoms with Crippen molar-refractivity contribution in [3.63, 3.8) is 0 Å². The Labute approximate surface area is 129 Å². The lowest BCUT2D eigenvalue weighted by atomic mass is 10.1. The number of nitrogens with zero attached hydrogens (tertiary/aromatic N) is 1. The Hall–Kier alpha value is -0.910. The van der Waals surface area contributed by atoms with E-state index in [2.05, 4.69) is 12.2 Å². The van der Waals surface area contributed by atoms with Crippen LogP contribution < -0.4 is 5.32 Å². The first-order chi connectivity index (χ1) is 9.97. The van der Waals surface area contributed by atoms with Crippen molar-refractivity contribution < 1.29 is 8.42 Å². The molecule has 1 aromatic carbocycles. The molecule has 1 rings (SSSR count). The third kappa shape index (κ3) is 6.59. The van der Waals surface area contributed by atoms with E-state index in [1.165, 1.54) is 4.31 Å². The molecule has 5 heteroatoms. The first-order valence-electron chi connectivity index (χ1n) is 7.66. The average Bonchev–Trinajstić information content (AvgIpc) is 2.45. The molecule has 0 heterocycles. The smallest absolute Gasteiger partial charge is 0.214 e. The number of rotatable bonds is 10. The first-order valence-corrected chi connectivity index (χ1v) is 9.27. The van der Waals surface area contributed by atoms with Crippen molar-refractivity contribution in [2.24, 2.45) is 0 Å². The van der Waals surface area contributed by atoms with Crippen molar-refractivity contribution in [3.8, 4) is 0 Å². The zero-order chi connectivity index (χ0) is 15.7. The van der Waals surface area contributed by atoms with Crippen LogP contribution in [0.1, 0.15) is 37.3 Å². The summed E-state index contributed by atoms with van der Waals surface area (Å²) in [5.74, 6) is 0.225. The number of nitrogens with one attached hydrogen (secondary N) is 1. The molecule has 0 saturated heterocycles. The maximum absolute atomic E-state index is 12.2. The summed E-state index contributed by atoms with van der Waals surface area (Å²) in [6.45, 7) is 6.47. The van der Waals surface area contributed by atoms with Gasteiger partial charge in [0.15, 0.2) is 0 Å². The lowest BCUT2D eigenvalue weighted by Crippen LogP contribution is -2.29. The summed E-state index contributed by atoms with van der Waals surface area (Å²) in [6.07, 6.45) is 2.71. The highest BCUT2D eigenvalue weighted by Crippen LogP contribution is 2.12. The van der Waals surface area contributed by atoms with Crippen molar-refractivity contribution >= 4 is 10.0 Å². The van der Waals surface area contributed by atoms with Crippen LogP contribution in [0.3, 0.4) is 0 Å². The second kappa shape index (κ2) is 9.18. The van der Waals surface area contributed by atoms with Crippen molar-refractivity contribution in [3.05, 3.63) is 35.4 Å². The van der Waals surface area contributed by atoms with E-state index in [0.717, 1.165) is 37.1 Å². The Morgan fingerprint density at radius 2 is 1.86 bits per heavy atom. The lowest BCUT2D eigenvalue weighted by molar-refractivity contribution is 0.463. The van der Waals surface area contributed by atoms with Crippen LogP contribution in [0.2, 0.25) is 0 Å². The summed E-state index contributed by atoms with van der Waals surface area (Å²) < 4.78 is 25.9. The average molecular weight is 312 g/mol. The predicted octanol–water partition coefficient (Wildman–Crippen LogP) is 2.54. The summed E-state index contributed by atoms with van der Waals surface area (Å²) in [7, 11) is -1.50. The van der Waals surface area contributed by atoms with Gasteiger partial charge in [-0.05, 0) is 50.4 Å². The van der Waals surface area contributed by atoms with Gasteiger partial charge in [-0.2, -0.15) is 0 Å². The minimum atomic E-state index is -3.16. The standard InChI is InChI=1S/C16H28N2O2S/c1-4-11-17-12-7-8-13-21(19,20)18(3)14-16-10-6-5-9-15(16)2/h5-6,9-10,17H,4,7-8,11-14H2,1-3H3. The van der Waals surface area contributed by atoms with Crippen LogP contribution in [0.5, 0.6) is 0 Å². The zero-order valence-electron chi connectivity index (χ0n) is 13.4. The number of hydrogen-bond donors (Lipinski definition) is 1. The third-order valence-electron chi connectivity index (χ3n) is 3.56. The summed E-state index contributed by atoms with van der Waals surface area (Å²) in [6, 6.07) is 7.91. The molecule has 0 spiro atoms. The summed E-state index contributed by atoms with van der Waals surface area (Å²) in [5, 5.41) is 3.29. The fourth-order valence-electron chi connectivity index (χ4n) is 2.12. The van der Waals surface area contributed by atoms with Gasteiger partial charge in [0, 0.05) is 13.6 Å². The Kier molecular flexibility index (Phi) is 7.93. The fourth-order valence-corrected chi connectivity index (χ4v) is 3.33. The summed E-state index contributed by atoms with van der Waals surface area (Å²) in [4.78, 5) is 0. The van der Waals surface area contributed by atoms with Crippen LogP contribution in [-0.2, 0) is 16.6 Å². The van der Waals surface area contributed by atoms with E-state index in [1.807, 2.05) is 31.2 Å². The largest absolute Gasteiger partial charge is 0.317 e. The number of hydrogen-bond acceptors (Lipinski definition) is 3. The highest BCUT2D eigenvalue weighted by Gasteiger charge is 2.17. The molecule has 0 saturated carbocycles. The fraction of sp³-hybridized carbons (Fsp3) is 0.625. The molecule has 0 radical (unpaired) electrons. The summed E-state index contributed by atoms with van der Waals surface area (Å²) in [5.41, 5.74) is 2.19. The van der Waals surface area contributed by atoms with Crippen molar-refractivity contribution in [1.82, 2.24) is 9.62 Å². The number of benzene rings is 1. The molecule has 0 fully saturated rings. The highest BCUT2D eigenvalue weighted by atomic mass is 32.2. The summed E-state index contributed by atoms with van der Waals surface area (Å²) >= 11 is 0. The molecule has 0 atom stereocenters. The minimum Gasteiger partial charge on any atom is -0.317 e. The number of sulfonamides is 1. The molecule has 4 nitrogen and oxygen atoms in total. The van der Waals surface area contributed by atoms with Gasteiger partial charge in [0.25, 0.3) is 0 Å². The van der Waals surface area contributed by atoms with Gasteiger partial charge >= 0.3 is 0 Å². The van der Waals surface area contributed by atoms with Gasteiger partial charge < -0.3 is 5.32 Å². The topological polar surface area (TPSA) is 49.4 Å². The molecular weight excluding hydrogens is 284 g/mol. The first kappa shape index (κ1) is 18.1. The Morgan fingerprint density at radius 3 is 2.52 bits per heavy atom. The van der Waals surface area contributed by atoms with E-state index >= 15 is 0 Å². The van der Waals surface area contributed by atoms with Gasteiger partial charge in [-0.25, -0.2) is 12.7 Å². The third-order valence-corrected chi connectivity index (χ3v) is 5.45. The van der Waals surface area contributed by atoms with E-state index < -0.39 is 10.0 Å². The van der Waals surface area contributed by atoms with E-state index in [0.29, 0.717) is 13.0 Å². The quantitative estimate of drug-likeness (QED) is 0.676. The predicted molar refractivity (Wildman–Crippen MR) is 88.8 cm³/mol. The highest BCUT2D eigenvalue weighted by molar-refractivity contribution is 7.89. The van der Waals surface area contributed by atoms with Crippen molar-refractivity contribution in [2.45, 2.75) is 39.7 Å². The SMILES string of the molecule is CCCNCCCCS(=O)(=O)N(C)Cc1ccccc1C. The molecule has 0 amide bonds. The molecule has 0 aliphatic heterocycles. The second-order valence-electron chi connectivity index (χ2n) is 5.46. The molecule has 0 bridgehead atoms. The molecule has 21 heavy (non-hydrogen) atoms. The van der Waals surface area contributed by atoms with E-state index in [-0.39, 0.29) is 5.75 Å². The van der Waals surface area contributed by atoms with Gasteiger partial charge in [-0.15, -0.1) is 0 Å². The maximum atomic E-state index is 12.2. The van der Waals surface area contributed by atoms with Crippen molar-refractivity contribution in [2.75, 3.05) is 25.9 Å². The Bertz CT molecular complexity index is 515. The van der Waals surface area contributed by atoms with Crippen LogP contribution in [0.15, 0.2) is 24.3 Å². The molecule has 0 aromatic heterocycles. The molecular formula is C16H28N2O2S. The molecule has 0 unspecified atom stereocenters. The Morgan fingerprint density at radius 1 is 1.14 bits per heavy atom. The lowest BCUT2D eigenvalue weighted by Gasteiger charge is -2.18. The van der Waals surface area contributed by atoms with E-state index in [1.54, 1.807) is 7.05 Å². The number of aryl methyl sites for hydroxylation is 1. The van der Waals surface area contributed by atoms with E-state index in [9.17, 15) is 8.42 Å². The molecule has 0 aliphatic carbocycles. The monoisotopic (exact) mass is 312 g/mol. The zero-order valence-corrected chi connectivity index (χ0v) is 14.2. The van der Waals surface area contributed by atoms with Gasteiger partial charge in [0.05, 0.1) is 5.75 Å². The Balaban J connectivity index is 2.41.